The summed E-state index contributed by atoms with van der Waals surface area (Å²) >= 11 is 5.34. The van der Waals surface area contributed by atoms with Crippen LogP contribution in [0.3, 0.4) is 0 Å². The lowest BCUT2D eigenvalue weighted by molar-refractivity contribution is -0.118. The summed E-state index contributed by atoms with van der Waals surface area (Å²) in [6, 6.07) is 6.86. The Labute approximate surface area is 98.5 Å². The average molecular weight is 242 g/mol. The monoisotopic (exact) mass is 241 g/mol. The van der Waals surface area contributed by atoms with Crippen LogP contribution in [0.15, 0.2) is 24.3 Å². The Hall–Kier alpha value is -1.55. The van der Waals surface area contributed by atoms with Gasteiger partial charge in [0, 0.05) is 6.54 Å². The molecule has 1 N–H and O–H groups in total. The average Bonchev–Trinajstić information content (AvgIpc) is 2.35. The molecule has 0 spiro atoms. The highest BCUT2D eigenvalue weighted by atomic mass is 35.5. The lowest BCUT2D eigenvalue weighted by Crippen LogP contribution is -2.23. The smallest absolute Gasteiger partial charge is 0.337 e. The molecule has 4 nitrogen and oxygen atoms in total. The van der Waals surface area contributed by atoms with Gasteiger partial charge < -0.3 is 10.1 Å². The first-order valence-electron chi connectivity index (χ1n) is 4.67. The number of ether oxygens (including phenoxy) is 1. The fourth-order valence-electron chi connectivity index (χ4n) is 1.17. The summed E-state index contributed by atoms with van der Waals surface area (Å²) < 4.78 is 4.59. The second-order valence-electron chi connectivity index (χ2n) is 3.10. The molecule has 0 aliphatic rings. The molecule has 0 saturated carbocycles. The predicted octanol–water partition coefficient (Wildman–Crippen LogP) is 1.33. The Kier molecular flexibility index (Phi) is 4.79. The van der Waals surface area contributed by atoms with Crippen LogP contribution in [-0.4, -0.2) is 24.9 Å². The Morgan fingerprint density at radius 3 is 2.81 bits per heavy atom. The van der Waals surface area contributed by atoms with E-state index in [0.29, 0.717) is 12.1 Å². The van der Waals surface area contributed by atoms with E-state index >= 15 is 0 Å². The van der Waals surface area contributed by atoms with Gasteiger partial charge in [0.25, 0.3) is 0 Å². The van der Waals surface area contributed by atoms with Crippen LogP contribution in [-0.2, 0) is 16.1 Å². The van der Waals surface area contributed by atoms with Crippen LogP contribution in [0.2, 0.25) is 0 Å². The number of alkyl halides is 1. The first-order valence-corrected chi connectivity index (χ1v) is 5.20. The Morgan fingerprint density at radius 2 is 2.19 bits per heavy atom. The van der Waals surface area contributed by atoms with Crippen molar-refractivity contribution in [3.05, 3.63) is 35.4 Å². The highest BCUT2D eigenvalue weighted by Crippen LogP contribution is 2.06. The molecule has 0 aliphatic carbocycles. The summed E-state index contributed by atoms with van der Waals surface area (Å²) in [5.74, 6) is -0.716. The van der Waals surface area contributed by atoms with Crippen LogP contribution in [0, 0.1) is 0 Å². The highest BCUT2D eigenvalue weighted by Gasteiger charge is 2.05. The molecule has 5 heteroatoms. The van der Waals surface area contributed by atoms with Crippen molar-refractivity contribution in [1.29, 1.82) is 0 Å². The zero-order chi connectivity index (χ0) is 12.0. The first-order chi connectivity index (χ1) is 7.67. The molecule has 0 aromatic heterocycles. The number of methoxy groups -OCH3 is 1. The summed E-state index contributed by atoms with van der Waals surface area (Å²) in [6.07, 6.45) is 0. The molecule has 0 saturated heterocycles. The van der Waals surface area contributed by atoms with Gasteiger partial charge in [-0.15, -0.1) is 11.6 Å². The molecule has 1 aromatic carbocycles. The quantitative estimate of drug-likeness (QED) is 0.639. The summed E-state index contributed by atoms with van der Waals surface area (Å²) in [5, 5.41) is 2.61. The molecule has 0 atom stereocenters. The number of hydrogen-bond acceptors (Lipinski definition) is 3. The van der Waals surface area contributed by atoms with Gasteiger partial charge in [-0.3, -0.25) is 4.79 Å². The standard InChI is InChI=1S/C11H12ClNO3/c1-16-11(15)9-4-2-3-8(5-9)7-13-10(14)6-12/h2-5H,6-7H2,1H3,(H,13,14). The van der Waals surface area contributed by atoms with E-state index in [1.54, 1.807) is 24.3 Å². The van der Waals surface area contributed by atoms with Crippen molar-refractivity contribution in [3.63, 3.8) is 0 Å². The van der Waals surface area contributed by atoms with Gasteiger partial charge in [0.05, 0.1) is 12.7 Å². The van der Waals surface area contributed by atoms with E-state index in [0.717, 1.165) is 5.56 Å². The predicted molar refractivity (Wildman–Crippen MR) is 60.3 cm³/mol. The zero-order valence-corrected chi connectivity index (χ0v) is 9.58. The number of hydrogen-bond donors (Lipinski definition) is 1. The van der Waals surface area contributed by atoms with Gasteiger partial charge in [-0.25, -0.2) is 4.79 Å². The fraction of sp³-hybridized carbons (Fsp3) is 0.273. The molecular weight excluding hydrogens is 230 g/mol. The topological polar surface area (TPSA) is 55.4 Å². The molecule has 0 bridgehead atoms. The van der Waals surface area contributed by atoms with Crippen LogP contribution in [0.4, 0.5) is 0 Å². The number of nitrogens with one attached hydrogen (secondary N) is 1. The molecule has 0 radical (unpaired) electrons. The molecule has 86 valence electrons. The third-order valence-electron chi connectivity index (χ3n) is 1.96. The summed E-state index contributed by atoms with van der Waals surface area (Å²) in [7, 11) is 1.32. The molecule has 1 amide bonds. The van der Waals surface area contributed by atoms with E-state index in [4.69, 9.17) is 11.6 Å². The summed E-state index contributed by atoms with van der Waals surface area (Å²) in [5.41, 5.74) is 1.28. The Bertz CT molecular complexity index is 393. The van der Waals surface area contributed by atoms with Crippen molar-refractivity contribution in [2.75, 3.05) is 13.0 Å². The molecule has 0 fully saturated rings. The zero-order valence-electron chi connectivity index (χ0n) is 8.83. The van der Waals surface area contributed by atoms with Crippen LogP contribution in [0.5, 0.6) is 0 Å². The largest absolute Gasteiger partial charge is 0.465 e. The lowest BCUT2D eigenvalue weighted by atomic mass is 10.1. The van der Waals surface area contributed by atoms with Crippen molar-refractivity contribution in [2.45, 2.75) is 6.54 Å². The van der Waals surface area contributed by atoms with Crippen molar-refractivity contribution in [3.8, 4) is 0 Å². The van der Waals surface area contributed by atoms with Gasteiger partial charge in [0.2, 0.25) is 5.91 Å². The van der Waals surface area contributed by atoms with E-state index in [1.807, 2.05) is 0 Å². The number of esters is 1. The summed E-state index contributed by atoms with van der Waals surface area (Å²) in [6.45, 7) is 0.344. The molecule has 0 aliphatic heterocycles. The van der Waals surface area contributed by atoms with Gasteiger partial charge >= 0.3 is 5.97 Å². The van der Waals surface area contributed by atoms with E-state index < -0.39 is 5.97 Å². The number of carbonyl (C=O) groups is 2. The normalized spacial score (nSPS) is 9.62. The van der Waals surface area contributed by atoms with Crippen LogP contribution in [0.25, 0.3) is 0 Å². The maximum absolute atomic E-state index is 11.2. The van der Waals surface area contributed by atoms with Gasteiger partial charge in [-0.2, -0.15) is 0 Å². The number of benzene rings is 1. The van der Waals surface area contributed by atoms with Crippen LogP contribution < -0.4 is 5.32 Å². The van der Waals surface area contributed by atoms with E-state index in [9.17, 15) is 9.59 Å². The maximum Gasteiger partial charge on any atom is 0.337 e. The lowest BCUT2D eigenvalue weighted by Gasteiger charge is -2.05. The fourth-order valence-corrected chi connectivity index (χ4v) is 1.27. The minimum Gasteiger partial charge on any atom is -0.465 e. The molecule has 0 unspecified atom stereocenters. The number of halogens is 1. The van der Waals surface area contributed by atoms with Crippen molar-refractivity contribution < 1.29 is 14.3 Å². The van der Waals surface area contributed by atoms with Crippen molar-refractivity contribution in [1.82, 2.24) is 5.32 Å². The van der Waals surface area contributed by atoms with Gasteiger partial charge in [0.15, 0.2) is 0 Å². The SMILES string of the molecule is COC(=O)c1cccc(CNC(=O)CCl)c1. The highest BCUT2D eigenvalue weighted by molar-refractivity contribution is 6.27. The Balaban J connectivity index is 2.67. The van der Waals surface area contributed by atoms with Gasteiger partial charge in [0.1, 0.15) is 5.88 Å². The van der Waals surface area contributed by atoms with Gasteiger partial charge in [-0.1, -0.05) is 12.1 Å². The number of amides is 1. The summed E-state index contributed by atoms with van der Waals surface area (Å²) in [4.78, 5) is 22.2. The van der Waals surface area contributed by atoms with E-state index in [2.05, 4.69) is 10.1 Å². The van der Waals surface area contributed by atoms with Crippen LogP contribution in [0.1, 0.15) is 15.9 Å². The van der Waals surface area contributed by atoms with Crippen molar-refractivity contribution >= 4 is 23.5 Å². The minimum atomic E-state index is -0.398. The Morgan fingerprint density at radius 1 is 1.44 bits per heavy atom. The third-order valence-corrected chi connectivity index (χ3v) is 2.20. The molecular formula is C11H12ClNO3. The first kappa shape index (κ1) is 12.5. The van der Waals surface area contributed by atoms with Gasteiger partial charge in [-0.05, 0) is 17.7 Å². The second-order valence-corrected chi connectivity index (χ2v) is 3.37. The maximum atomic E-state index is 11.2. The number of carbonyl (C=O) groups excluding carboxylic acids is 2. The van der Waals surface area contributed by atoms with Crippen LogP contribution >= 0.6 is 11.6 Å². The van der Waals surface area contributed by atoms with E-state index in [-0.39, 0.29) is 11.8 Å². The third kappa shape index (κ3) is 3.55. The van der Waals surface area contributed by atoms with E-state index in [1.165, 1.54) is 7.11 Å². The molecule has 16 heavy (non-hydrogen) atoms. The number of rotatable bonds is 4. The minimum absolute atomic E-state index is 0.0727. The molecule has 1 rings (SSSR count). The van der Waals surface area contributed by atoms with Crippen molar-refractivity contribution in [2.24, 2.45) is 0 Å². The second kappa shape index (κ2) is 6.12. The molecule has 1 aromatic rings. The molecule has 0 heterocycles.